The molecule has 0 amide bonds. The van der Waals surface area contributed by atoms with E-state index in [-0.39, 0.29) is 23.9 Å². The lowest BCUT2D eigenvalue weighted by molar-refractivity contribution is -0.137. The molecule has 1 aromatic heterocycles. The van der Waals surface area contributed by atoms with E-state index in [1.807, 2.05) is 0 Å². The molecule has 0 saturated carbocycles. The third-order valence-corrected chi connectivity index (χ3v) is 5.04. The van der Waals surface area contributed by atoms with Gasteiger partial charge in [-0.1, -0.05) is 0 Å². The molecule has 20 heavy (non-hydrogen) atoms. The van der Waals surface area contributed by atoms with Crippen LogP contribution in [-0.4, -0.2) is 52.7 Å². The molecule has 8 nitrogen and oxygen atoms in total. The van der Waals surface area contributed by atoms with Crippen molar-refractivity contribution >= 4 is 16.0 Å². The van der Waals surface area contributed by atoms with Crippen LogP contribution in [0, 0.1) is 0 Å². The van der Waals surface area contributed by atoms with E-state index >= 15 is 0 Å². The second kappa shape index (κ2) is 5.90. The van der Waals surface area contributed by atoms with Crippen LogP contribution in [0.4, 0.5) is 0 Å². The maximum atomic E-state index is 12.4. The molecule has 2 heterocycles. The summed E-state index contributed by atoms with van der Waals surface area (Å²) in [5.41, 5.74) is 5.79. The van der Waals surface area contributed by atoms with Crippen LogP contribution in [0.25, 0.3) is 0 Å². The Labute approximate surface area is 117 Å². The van der Waals surface area contributed by atoms with Gasteiger partial charge in [-0.3, -0.25) is 9.48 Å². The van der Waals surface area contributed by atoms with Crippen LogP contribution in [0.15, 0.2) is 17.3 Å². The Bertz CT molecular complexity index is 583. The molecule has 0 spiro atoms. The van der Waals surface area contributed by atoms with E-state index in [9.17, 15) is 13.2 Å². The van der Waals surface area contributed by atoms with Crippen molar-refractivity contribution in [1.82, 2.24) is 14.1 Å². The van der Waals surface area contributed by atoms with Crippen LogP contribution in [0.2, 0.25) is 0 Å². The van der Waals surface area contributed by atoms with E-state index in [1.54, 1.807) is 0 Å². The minimum atomic E-state index is -3.59. The molecule has 2 rings (SSSR count). The van der Waals surface area contributed by atoms with Gasteiger partial charge in [-0.25, -0.2) is 8.42 Å². The Hall–Kier alpha value is -1.45. The van der Waals surface area contributed by atoms with Crippen LogP contribution in [0.3, 0.4) is 0 Å². The van der Waals surface area contributed by atoms with Gasteiger partial charge in [0.2, 0.25) is 10.0 Å². The average molecular weight is 302 g/mol. The van der Waals surface area contributed by atoms with Crippen molar-refractivity contribution in [2.24, 2.45) is 5.73 Å². The molecular formula is C11H18N4O4S. The minimum absolute atomic E-state index is 0.0805. The quantitative estimate of drug-likeness (QED) is 0.754. The third kappa shape index (κ3) is 3.35. The molecule has 1 fully saturated rings. The van der Waals surface area contributed by atoms with Gasteiger partial charge in [0.15, 0.2) is 0 Å². The average Bonchev–Trinajstić information content (AvgIpc) is 2.86. The molecule has 1 aliphatic rings. The summed E-state index contributed by atoms with van der Waals surface area (Å²) in [5.74, 6) is -0.952. The summed E-state index contributed by atoms with van der Waals surface area (Å²) in [4.78, 5) is 10.6. The summed E-state index contributed by atoms with van der Waals surface area (Å²) >= 11 is 0. The highest BCUT2D eigenvalue weighted by atomic mass is 32.2. The van der Waals surface area contributed by atoms with Crippen molar-refractivity contribution < 1.29 is 18.3 Å². The standard InChI is InChI=1S/C11H18N4O4S/c12-9-2-1-4-15(7-9)20(18,19)10-6-13-14(8-10)5-3-11(16)17/h6,8-9H,1-5,7,12H2,(H,16,17). The zero-order valence-electron chi connectivity index (χ0n) is 11.0. The molecule has 1 aromatic rings. The van der Waals surface area contributed by atoms with Crippen molar-refractivity contribution in [2.75, 3.05) is 13.1 Å². The molecule has 0 radical (unpaired) electrons. The van der Waals surface area contributed by atoms with E-state index in [0.29, 0.717) is 13.1 Å². The number of aromatic nitrogens is 2. The van der Waals surface area contributed by atoms with E-state index in [0.717, 1.165) is 12.8 Å². The summed E-state index contributed by atoms with van der Waals surface area (Å²) < 4.78 is 27.5. The third-order valence-electron chi connectivity index (χ3n) is 3.22. The van der Waals surface area contributed by atoms with Gasteiger partial charge in [0.05, 0.1) is 19.2 Å². The van der Waals surface area contributed by atoms with Gasteiger partial charge in [0.25, 0.3) is 0 Å². The number of aliphatic carboxylic acids is 1. The largest absolute Gasteiger partial charge is 0.481 e. The number of carboxylic acid groups (broad SMARTS) is 1. The Morgan fingerprint density at radius 3 is 2.95 bits per heavy atom. The zero-order valence-corrected chi connectivity index (χ0v) is 11.8. The number of carbonyl (C=O) groups is 1. The Morgan fingerprint density at radius 2 is 2.30 bits per heavy atom. The van der Waals surface area contributed by atoms with E-state index in [1.165, 1.54) is 21.4 Å². The number of sulfonamides is 1. The summed E-state index contributed by atoms with van der Waals surface area (Å²) in [5, 5.41) is 12.5. The molecule has 0 aliphatic carbocycles. The molecular weight excluding hydrogens is 284 g/mol. The lowest BCUT2D eigenvalue weighted by Gasteiger charge is -2.29. The van der Waals surface area contributed by atoms with Crippen LogP contribution < -0.4 is 5.73 Å². The Morgan fingerprint density at radius 1 is 1.55 bits per heavy atom. The Kier molecular flexibility index (Phi) is 4.41. The van der Waals surface area contributed by atoms with Gasteiger partial charge in [-0.15, -0.1) is 0 Å². The highest BCUT2D eigenvalue weighted by molar-refractivity contribution is 7.89. The molecule has 9 heteroatoms. The number of piperidine rings is 1. The SMILES string of the molecule is NC1CCCN(S(=O)(=O)c2cnn(CCC(=O)O)c2)C1. The first-order valence-corrected chi connectivity index (χ1v) is 7.83. The molecule has 1 saturated heterocycles. The highest BCUT2D eigenvalue weighted by Crippen LogP contribution is 2.19. The van der Waals surface area contributed by atoms with Crippen molar-refractivity contribution in [1.29, 1.82) is 0 Å². The lowest BCUT2D eigenvalue weighted by Crippen LogP contribution is -2.45. The molecule has 112 valence electrons. The van der Waals surface area contributed by atoms with Crippen LogP contribution >= 0.6 is 0 Å². The first kappa shape index (κ1) is 14.9. The summed E-state index contributed by atoms with van der Waals surface area (Å²) in [6.07, 6.45) is 4.07. The van der Waals surface area contributed by atoms with Crippen LogP contribution in [-0.2, 0) is 21.4 Å². The minimum Gasteiger partial charge on any atom is -0.481 e. The number of hydrogen-bond acceptors (Lipinski definition) is 5. The number of rotatable bonds is 5. The fraction of sp³-hybridized carbons (Fsp3) is 0.636. The van der Waals surface area contributed by atoms with Gasteiger partial charge in [-0.05, 0) is 12.8 Å². The van der Waals surface area contributed by atoms with Gasteiger partial charge >= 0.3 is 5.97 Å². The fourth-order valence-corrected chi connectivity index (χ4v) is 3.64. The normalized spacial score (nSPS) is 20.9. The number of hydrogen-bond donors (Lipinski definition) is 2. The second-order valence-electron chi connectivity index (χ2n) is 4.85. The summed E-state index contributed by atoms with van der Waals surface area (Å²) in [6, 6.07) is -0.138. The van der Waals surface area contributed by atoms with Gasteiger partial charge in [0, 0.05) is 25.3 Å². The van der Waals surface area contributed by atoms with Crippen molar-refractivity contribution in [3.63, 3.8) is 0 Å². The first-order chi connectivity index (χ1) is 9.39. The Balaban J connectivity index is 2.11. The molecule has 0 aromatic carbocycles. The molecule has 0 bridgehead atoms. The van der Waals surface area contributed by atoms with Gasteiger partial charge in [-0.2, -0.15) is 9.40 Å². The van der Waals surface area contributed by atoms with Crippen LogP contribution in [0.1, 0.15) is 19.3 Å². The molecule has 3 N–H and O–H groups in total. The molecule has 1 atom stereocenters. The maximum Gasteiger partial charge on any atom is 0.305 e. The highest BCUT2D eigenvalue weighted by Gasteiger charge is 2.29. The number of nitrogens with zero attached hydrogens (tertiary/aromatic N) is 3. The number of carboxylic acids is 1. The maximum absolute atomic E-state index is 12.4. The van der Waals surface area contributed by atoms with Gasteiger partial charge in [0.1, 0.15) is 4.90 Å². The van der Waals surface area contributed by atoms with Crippen molar-refractivity contribution in [3.8, 4) is 0 Å². The monoisotopic (exact) mass is 302 g/mol. The predicted octanol–water partition coefficient (Wildman–Crippen LogP) is -0.530. The van der Waals surface area contributed by atoms with E-state index < -0.39 is 16.0 Å². The molecule has 1 unspecified atom stereocenters. The van der Waals surface area contributed by atoms with Crippen LogP contribution in [0.5, 0.6) is 0 Å². The van der Waals surface area contributed by atoms with Crippen molar-refractivity contribution in [3.05, 3.63) is 12.4 Å². The molecule has 1 aliphatic heterocycles. The lowest BCUT2D eigenvalue weighted by atomic mass is 10.1. The van der Waals surface area contributed by atoms with Crippen molar-refractivity contribution in [2.45, 2.75) is 36.7 Å². The second-order valence-corrected chi connectivity index (χ2v) is 6.79. The fourth-order valence-electron chi connectivity index (χ4n) is 2.15. The number of aryl methyl sites for hydroxylation is 1. The number of nitrogens with two attached hydrogens (primary N) is 1. The van der Waals surface area contributed by atoms with E-state index in [4.69, 9.17) is 10.8 Å². The smallest absolute Gasteiger partial charge is 0.305 e. The summed E-state index contributed by atoms with van der Waals surface area (Å²) in [6.45, 7) is 0.906. The van der Waals surface area contributed by atoms with E-state index in [2.05, 4.69) is 5.10 Å². The predicted molar refractivity (Wildman–Crippen MR) is 70.4 cm³/mol. The summed E-state index contributed by atoms with van der Waals surface area (Å²) in [7, 11) is -3.59. The topological polar surface area (TPSA) is 119 Å². The van der Waals surface area contributed by atoms with Gasteiger partial charge < -0.3 is 10.8 Å². The zero-order chi connectivity index (χ0) is 14.8. The first-order valence-electron chi connectivity index (χ1n) is 6.39.